The third kappa shape index (κ3) is 29.7. The number of ketones is 2. The van der Waals surface area contributed by atoms with Crippen LogP contribution in [-0.4, -0.2) is 37.0 Å². The topological polar surface area (TPSA) is 172 Å². The summed E-state index contributed by atoms with van der Waals surface area (Å²) in [5.41, 5.74) is 1.27. The van der Waals surface area contributed by atoms with Gasteiger partial charge < -0.3 is 9.47 Å². The molecule has 2 radical (unpaired) electrons. The van der Waals surface area contributed by atoms with Crippen LogP contribution in [0, 0.1) is 51.7 Å². The number of rotatable bonds is 10. The average molecular weight is 664 g/mol. The number of carbonyl (C=O) groups is 2. The maximum atomic E-state index is 12.4. The zero-order chi connectivity index (χ0) is 32.2. The van der Waals surface area contributed by atoms with E-state index in [1.165, 1.54) is 0 Å². The quantitative estimate of drug-likeness (QED) is 0.161. The van der Waals surface area contributed by atoms with Gasteiger partial charge in [0.05, 0.1) is 0 Å². The Kier molecular flexibility index (Phi) is 61.9. The molecule has 0 saturated heterocycles. The molecular weight excluding hydrogens is 638 g/mol. The fourth-order valence-corrected chi connectivity index (χ4v) is 2.71. The summed E-state index contributed by atoms with van der Waals surface area (Å²) in [5, 5.41) is 0. The Hall–Kier alpha value is -3.29. The first-order valence-electron chi connectivity index (χ1n) is 10.8. The summed E-state index contributed by atoms with van der Waals surface area (Å²) in [6.45, 7) is 31.6. The molecule has 0 amide bonds. The van der Waals surface area contributed by atoms with E-state index in [0.29, 0.717) is 24.3 Å². The summed E-state index contributed by atoms with van der Waals surface area (Å²) < 4.78 is 56.2. The van der Waals surface area contributed by atoms with Crippen molar-refractivity contribution in [2.45, 2.75) is 38.9 Å². The molecule has 2 aromatic rings. The van der Waals surface area contributed by atoms with Crippen molar-refractivity contribution in [2.75, 3.05) is 13.2 Å². The van der Waals surface area contributed by atoms with Gasteiger partial charge in [-0.25, -0.2) is 0 Å². The first kappa shape index (κ1) is 54.7. The first-order valence-corrected chi connectivity index (χ1v) is 10.8. The first-order chi connectivity index (χ1) is 19.6. The average Bonchev–Trinajstić information content (AvgIpc) is 3.06. The molecule has 0 aliphatic carbocycles. The molecule has 10 nitrogen and oxygen atoms in total. The third-order valence-corrected chi connectivity index (χ3v) is 4.07. The van der Waals surface area contributed by atoms with E-state index in [9.17, 15) is 9.59 Å². The Labute approximate surface area is 267 Å². The van der Waals surface area contributed by atoms with Gasteiger partial charge in [0, 0.05) is 70.7 Å². The molecule has 224 valence electrons. The molecule has 2 atom stereocenters. The van der Waals surface area contributed by atoms with Crippen LogP contribution >= 0.6 is 0 Å². The van der Waals surface area contributed by atoms with Gasteiger partial charge in [0.2, 0.25) is 0 Å². The van der Waals surface area contributed by atoms with E-state index in [-0.39, 0.29) is 58.0 Å². The third-order valence-electron chi connectivity index (χ3n) is 4.07. The summed E-state index contributed by atoms with van der Waals surface area (Å²) in [7, 11) is 0. The fourth-order valence-electron chi connectivity index (χ4n) is 2.71. The van der Waals surface area contributed by atoms with Crippen LogP contribution in [-0.2, 0) is 70.9 Å². The maximum Gasteiger partial charge on any atom is 0 e. The van der Waals surface area contributed by atoms with Gasteiger partial charge in [0.15, 0.2) is 11.6 Å². The largest absolute Gasteiger partial charge is 0 e. The van der Waals surface area contributed by atoms with Gasteiger partial charge >= 0.3 is 67.8 Å². The fraction of sp³-hybridized carbons (Fsp3) is 0.267. The maximum absolute atomic E-state index is 12.4. The summed E-state index contributed by atoms with van der Waals surface area (Å²) in [5.74, 6) is 5.93. The van der Waals surface area contributed by atoms with E-state index in [1.54, 1.807) is 24.3 Å². The van der Waals surface area contributed by atoms with Crippen LogP contribution in [0.5, 0.6) is 0 Å². The van der Waals surface area contributed by atoms with Crippen LogP contribution in [0.1, 0.15) is 47.4 Å². The number of ether oxygens (including phenoxy) is 2. The van der Waals surface area contributed by atoms with E-state index in [2.05, 4.69) is 51.7 Å². The predicted molar refractivity (Wildman–Crippen MR) is 133 cm³/mol. The Morgan fingerprint density at radius 2 is 0.810 bits per heavy atom. The molecule has 0 fully saturated rings. The van der Waals surface area contributed by atoms with Crippen molar-refractivity contribution >= 4 is 11.6 Å². The van der Waals surface area contributed by atoms with Crippen LogP contribution < -0.4 is 0 Å². The molecule has 0 aromatic heterocycles. The van der Waals surface area contributed by atoms with E-state index < -0.39 is 12.2 Å². The number of hydrogen-bond donors (Lipinski definition) is 0. The second-order valence-corrected chi connectivity index (χ2v) is 6.16. The van der Waals surface area contributed by atoms with Crippen molar-refractivity contribution in [3.05, 3.63) is 112 Å². The van der Waals surface area contributed by atoms with Crippen molar-refractivity contribution in [1.29, 1.82) is 0 Å². The molecule has 0 heterocycles. The van der Waals surface area contributed by atoms with Crippen LogP contribution in [0.2, 0.25) is 0 Å². The standard InChI is InChI=1S/C24H26O4.6CO.2Co/c1-3-27-21(17-23(25)19-11-7-5-8-12-19)15-16-22(28-4-2)18-24(26)20-13-9-6-10-14-20;6*1-2;;/h5-14,21-22H,3-4,17-18H2,1-2H3;;;;;;;;. The van der Waals surface area contributed by atoms with E-state index in [4.69, 9.17) is 37.4 Å². The van der Waals surface area contributed by atoms with Gasteiger partial charge in [-0.05, 0) is 13.8 Å². The second kappa shape index (κ2) is 47.5. The van der Waals surface area contributed by atoms with Gasteiger partial charge in [0.25, 0.3) is 0 Å². The molecule has 0 saturated carbocycles. The molecule has 0 aliphatic rings. The van der Waals surface area contributed by atoms with Gasteiger partial charge in [0.1, 0.15) is 12.2 Å². The molecule has 12 heteroatoms. The smallest absolute Gasteiger partial charge is 0 e. The molecular formula is C30H26Co2O10. The minimum atomic E-state index is -0.535. The monoisotopic (exact) mass is 664 g/mol. The van der Waals surface area contributed by atoms with Crippen LogP contribution in [0.3, 0.4) is 0 Å². The molecule has 2 unspecified atom stereocenters. The summed E-state index contributed by atoms with van der Waals surface area (Å²) in [6.07, 6.45) is -0.743. The van der Waals surface area contributed by atoms with Gasteiger partial charge in [-0.1, -0.05) is 72.5 Å². The van der Waals surface area contributed by atoms with Crippen LogP contribution in [0.4, 0.5) is 0 Å². The summed E-state index contributed by atoms with van der Waals surface area (Å²) in [4.78, 5) is 24.9. The molecule has 2 aromatic carbocycles. The Morgan fingerprint density at radius 3 is 1.02 bits per heavy atom. The number of benzene rings is 2. The minimum absolute atomic E-state index is 0. The minimum Gasteiger partial charge on any atom is 0 e. The Bertz CT molecular complexity index is 967. The van der Waals surface area contributed by atoms with Crippen molar-refractivity contribution in [3.8, 4) is 11.8 Å². The normalized spacial score (nSPS) is 8.62. The number of hydrogen-bond acceptors (Lipinski definition) is 4. The zero-order valence-electron chi connectivity index (χ0n) is 22.5. The van der Waals surface area contributed by atoms with Crippen LogP contribution in [0.25, 0.3) is 0 Å². The van der Waals surface area contributed by atoms with E-state index in [0.717, 1.165) is 0 Å². The summed E-state index contributed by atoms with van der Waals surface area (Å²) in [6, 6.07) is 18.2. The van der Waals surface area contributed by atoms with Crippen molar-refractivity contribution in [1.82, 2.24) is 0 Å². The van der Waals surface area contributed by atoms with Gasteiger partial charge in [-0.3, -0.25) is 9.59 Å². The molecule has 0 N–H and O–H groups in total. The van der Waals surface area contributed by atoms with Gasteiger partial charge in [-0.2, -0.15) is 0 Å². The Morgan fingerprint density at radius 1 is 0.571 bits per heavy atom. The Balaban J connectivity index is -0.000000155. The zero-order valence-corrected chi connectivity index (χ0v) is 24.6. The summed E-state index contributed by atoms with van der Waals surface area (Å²) >= 11 is 0. The molecule has 42 heavy (non-hydrogen) atoms. The molecule has 0 spiro atoms. The van der Waals surface area contributed by atoms with Crippen molar-refractivity contribution < 1.29 is 80.5 Å². The van der Waals surface area contributed by atoms with E-state index >= 15 is 0 Å². The van der Waals surface area contributed by atoms with Crippen molar-refractivity contribution in [3.63, 3.8) is 0 Å². The van der Waals surface area contributed by atoms with E-state index in [1.807, 2.05) is 50.2 Å². The van der Waals surface area contributed by atoms with Crippen molar-refractivity contribution in [2.24, 2.45) is 0 Å². The molecule has 2 rings (SSSR count). The molecule has 0 aliphatic heterocycles. The van der Waals surface area contributed by atoms with Crippen LogP contribution in [0.15, 0.2) is 60.7 Å². The van der Waals surface area contributed by atoms with Gasteiger partial charge in [-0.15, -0.1) is 0 Å². The second-order valence-electron chi connectivity index (χ2n) is 6.16. The number of carbonyl (C=O) groups excluding carboxylic acids is 2. The number of Topliss-reactive ketones (excluding diaryl/α,β-unsaturated/α-hetero) is 2. The molecule has 0 bridgehead atoms. The SMILES string of the molecule is CCOC(C#CC(CC(=O)c1ccccc1)OCC)CC(=O)c1ccccc1.[C-]#[O+].[C-]#[O+].[C-]#[O+].[C-]#[O+].[C-]#[O+].[C-]#[O+].[Co].[Co]. The predicted octanol–water partition coefficient (Wildman–Crippen LogP) is 4.12.